The molecule has 0 aliphatic carbocycles. The molecule has 0 saturated heterocycles. The lowest BCUT2D eigenvalue weighted by Crippen LogP contribution is -2.30. The third-order valence-corrected chi connectivity index (χ3v) is 3.55. The summed E-state index contributed by atoms with van der Waals surface area (Å²) in [7, 11) is 0. The molecule has 0 radical (unpaired) electrons. The summed E-state index contributed by atoms with van der Waals surface area (Å²) < 4.78 is 37.9. The number of nitrogens with one attached hydrogen (secondary N) is 2. The van der Waals surface area contributed by atoms with E-state index in [9.17, 15) is 22.8 Å². The number of aromatic amines is 1. The topological polar surface area (TPSA) is 101 Å². The number of hydrogen-bond donors (Lipinski definition) is 2. The predicted octanol–water partition coefficient (Wildman–Crippen LogP) is 1.63. The van der Waals surface area contributed by atoms with E-state index in [1.165, 1.54) is 0 Å². The minimum Gasteiger partial charge on any atom is -0.346 e. The van der Waals surface area contributed by atoms with Gasteiger partial charge < -0.3 is 5.32 Å². The van der Waals surface area contributed by atoms with Gasteiger partial charge in [-0.25, -0.2) is 10.1 Å². The molecule has 1 amide bonds. The van der Waals surface area contributed by atoms with Gasteiger partial charge in [0.1, 0.15) is 5.69 Å². The quantitative estimate of drug-likeness (QED) is 0.849. The molecular weight excluding hydrogens is 339 g/mol. The predicted molar refractivity (Wildman–Crippen MR) is 81.8 cm³/mol. The zero-order valence-corrected chi connectivity index (χ0v) is 13.6. The van der Waals surface area contributed by atoms with Gasteiger partial charge in [-0.2, -0.15) is 18.3 Å². The summed E-state index contributed by atoms with van der Waals surface area (Å²) in [5, 5.41) is 8.71. The van der Waals surface area contributed by atoms with Crippen molar-refractivity contribution < 1.29 is 18.0 Å². The van der Waals surface area contributed by atoms with Gasteiger partial charge in [-0.15, -0.1) is 0 Å². The average Bonchev–Trinajstić information content (AvgIpc) is 2.59. The minimum absolute atomic E-state index is 0.148. The molecule has 0 aromatic carbocycles. The average molecular weight is 355 g/mol. The molecule has 2 heterocycles. The summed E-state index contributed by atoms with van der Waals surface area (Å²) in [4.78, 5) is 30.7. The Kier molecular flexibility index (Phi) is 5.50. The van der Waals surface area contributed by atoms with Crippen molar-refractivity contribution in [1.29, 1.82) is 0 Å². The van der Waals surface area contributed by atoms with Crippen molar-refractivity contribution in [2.45, 2.75) is 39.4 Å². The Morgan fingerprint density at radius 1 is 1.20 bits per heavy atom. The number of hydrogen-bond acceptors (Lipinski definition) is 5. The molecule has 0 unspecified atom stereocenters. The molecule has 134 valence electrons. The number of halogens is 3. The number of aryl methyl sites for hydroxylation is 1. The Labute approximate surface area is 140 Å². The standard InChI is InChI=1S/C15H16F3N5O2/c1-3-8-9(13(24)23-22-10(8)4-2)5-20-14(25)11-6-19-7-12(21-11)15(16,17)18/h6-7H,3-5H2,1-2H3,(H,20,25)(H,23,24). The van der Waals surface area contributed by atoms with Gasteiger partial charge in [-0.05, 0) is 18.4 Å². The first kappa shape index (κ1) is 18.6. The van der Waals surface area contributed by atoms with E-state index < -0.39 is 29.0 Å². The first-order valence-electron chi connectivity index (χ1n) is 7.54. The van der Waals surface area contributed by atoms with Crippen LogP contribution in [0, 0.1) is 0 Å². The molecule has 7 nitrogen and oxygen atoms in total. The Bertz CT molecular complexity index is 833. The van der Waals surface area contributed by atoms with Gasteiger partial charge in [-0.3, -0.25) is 14.6 Å². The molecule has 0 spiro atoms. The number of carbonyl (C=O) groups is 1. The van der Waals surface area contributed by atoms with E-state index in [-0.39, 0.29) is 6.54 Å². The number of rotatable bonds is 5. The molecule has 0 bridgehead atoms. The lowest BCUT2D eigenvalue weighted by Gasteiger charge is -2.11. The van der Waals surface area contributed by atoms with Gasteiger partial charge >= 0.3 is 6.18 Å². The molecule has 10 heteroatoms. The highest BCUT2D eigenvalue weighted by molar-refractivity contribution is 5.91. The van der Waals surface area contributed by atoms with E-state index in [1.807, 2.05) is 13.8 Å². The van der Waals surface area contributed by atoms with Crippen LogP contribution in [0.2, 0.25) is 0 Å². The molecule has 0 aliphatic heterocycles. The molecule has 2 rings (SSSR count). The monoisotopic (exact) mass is 355 g/mol. The maximum absolute atomic E-state index is 12.6. The highest BCUT2D eigenvalue weighted by Gasteiger charge is 2.33. The Hall–Kier alpha value is -2.78. The lowest BCUT2D eigenvalue weighted by atomic mass is 10.0. The fourth-order valence-corrected chi connectivity index (χ4v) is 2.33. The van der Waals surface area contributed by atoms with Crippen molar-refractivity contribution in [3.05, 3.63) is 51.0 Å². The number of amides is 1. The summed E-state index contributed by atoms with van der Waals surface area (Å²) in [6, 6.07) is 0. The summed E-state index contributed by atoms with van der Waals surface area (Å²) in [5.41, 5.74) is -0.461. The summed E-state index contributed by atoms with van der Waals surface area (Å²) in [6.07, 6.45) is -2.10. The lowest BCUT2D eigenvalue weighted by molar-refractivity contribution is -0.141. The normalized spacial score (nSPS) is 11.4. The van der Waals surface area contributed by atoms with Crippen LogP contribution in [0.1, 0.15) is 46.9 Å². The number of alkyl halides is 3. The Morgan fingerprint density at radius 3 is 2.52 bits per heavy atom. The van der Waals surface area contributed by atoms with E-state index in [0.29, 0.717) is 35.9 Å². The molecule has 0 fully saturated rings. The molecule has 2 N–H and O–H groups in total. The number of nitrogens with zero attached hydrogens (tertiary/aromatic N) is 3. The van der Waals surface area contributed by atoms with E-state index in [1.54, 1.807) is 0 Å². The maximum atomic E-state index is 12.6. The summed E-state index contributed by atoms with van der Waals surface area (Å²) in [5.74, 6) is -0.852. The van der Waals surface area contributed by atoms with Gasteiger partial charge in [0.2, 0.25) is 0 Å². The van der Waals surface area contributed by atoms with Crippen molar-refractivity contribution in [3.8, 4) is 0 Å². The number of aromatic nitrogens is 4. The Morgan fingerprint density at radius 2 is 1.92 bits per heavy atom. The smallest absolute Gasteiger partial charge is 0.346 e. The van der Waals surface area contributed by atoms with Crippen molar-refractivity contribution in [1.82, 2.24) is 25.5 Å². The Balaban J connectivity index is 2.23. The van der Waals surface area contributed by atoms with Crippen LogP contribution in [0.4, 0.5) is 13.2 Å². The van der Waals surface area contributed by atoms with Crippen LogP contribution >= 0.6 is 0 Å². The van der Waals surface area contributed by atoms with Gasteiger partial charge in [0, 0.05) is 12.1 Å². The highest BCUT2D eigenvalue weighted by atomic mass is 19.4. The van der Waals surface area contributed by atoms with Gasteiger partial charge in [0.05, 0.1) is 18.1 Å². The SMILES string of the molecule is CCc1n[nH]c(=O)c(CNC(=O)c2cncc(C(F)(F)F)n2)c1CC. The molecular formula is C15H16F3N5O2. The van der Waals surface area contributed by atoms with Crippen LogP contribution < -0.4 is 10.9 Å². The molecule has 0 aliphatic rings. The molecule has 2 aromatic heterocycles. The second-order valence-electron chi connectivity index (χ2n) is 5.13. The first-order chi connectivity index (χ1) is 11.8. The zero-order chi connectivity index (χ0) is 18.6. The van der Waals surface area contributed by atoms with E-state index in [0.717, 1.165) is 6.20 Å². The van der Waals surface area contributed by atoms with E-state index >= 15 is 0 Å². The van der Waals surface area contributed by atoms with Crippen LogP contribution in [0.3, 0.4) is 0 Å². The van der Waals surface area contributed by atoms with Crippen molar-refractivity contribution in [3.63, 3.8) is 0 Å². The summed E-state index contributed by atoms with van der Waals surface area (Å²) >= 11 is 0. The van der Waals surface area contributed by atoms with Gasteiger partial charge in [-0.1, -0.05) is 13.8 Å². The first-order valence-corrected chi connectivity index (χ1v) is 7.54. The number of H-pyrrole nitrogens is 1. The van der Waals surface area contributed by atoms with Crippen LogP contribution in [-0.4, -0.2) is 26.1 Å². The van der Waals surface area contributed by atoms with Gasteiger partial charge in [0.15, 0.2) is 5.69 Å². The fraction of sp³-hybridized carbons (Fsp3) is 0.400. The highest BCUT2D eigenvalue weighted by Crippen LogP contribution is 2.26. The van der Waals surface area contributed by atoms with E-state index in [2.05, 4.69) is 25.5 Å². The molecule has 25 heavy (non-hydrogen) atoms. The fourth-order valence-electron chi connectivity index (χ4n) is 2.33. The van der Waals surface area contributed by atoms with Crippen molar-refractivity contribution in [2.24, 2.45) is 0 Å². The van der Waals surface area contributed by atoms with Crippen molar-refractivity contribution >= 4 is 5.91 Å². The number of carbonyl (C=O) groups excluding carboxylic acids is 1. The molecule has 2 aromatic rings. The third kappa shape index (κ3) is 4.20. The van der Waals surface area contributed by atoms with Crippen molar-refractivity contribution in [2.75, 3.05) is 0 Å². The maximum Gasteiger partial charge on any atom is 0.434 e. The minimum atomic E-state index is -4.70. The van der Waals surface area contributed by atoms with Crippen LogP contribution in [0.25, 0.3) is 0 Å². The van der Waals surface area contributed by atoms with Crippen LogP contribution in [0.5, 0.6) is 0 Å². The molecule has 0 saturated carbocycles. The second kappa shape index (κ2) is 7.41. The van der Waals surface area contributed by atoms with Crippen LogP contribution in [0.15, 0.2) is 17.2 Å². The van der Waals surface area contributed by atoms with E-state index in [4.69, 9.17) is 0 Å². The zero-order valence-electron chi connectivity index (χ0n) is 13.6. The van der Waals surface area contributed by atoms with Crippen LogP contribution in [-0.2, 0) is 25.6 Å². The largest absolute Gasteiger partial charge is 0.434 e. The second-order valence-corrected chi connectivity index (χ2v) is 5.13. The summed E-state index contributed by atoms with van der Waals surface area (Å²) in [6.45, 7) is 3.57. The molecule has 0 atom stereocenters. The third-order valence-electron chi connectivity index (χ3n) is 3.55. The van der Waals surface area contributed by atoms with Gasteiger partial charge in [0.25, 0.3) is 11.5 Å².